The van der Waals surface area contributed by atoms with Crippen LogP contribution in [-0.4, -0.2) is 51.7 Å². The molecule has 0 radical (unpaired) electrons. The van der Waals surface area contributed by atoms with Gasteiger partial charge in [-0.2, -0.15) is 0 Å². The Kier molecular flexibility index (Phi) is 3.76. The fraction of sp³-hybridized carbons (Fsp3) is 0.833. The SMILES string of the molecule is COC(=O)[C@@H]1[C@H](S(=O)C[C@]23CC[C@H](C[C@H]2O)C3(C)C)[C@@H]2C=C[C@H]1O2. The van der Waals surface area contributed by atoms with Crippen molar-refractivity contribution in [1.82, 2.24) is 0 Å². The van der Waals surface area contributed by atoms with Crippen molar-refractivity contribution in [3.63, 3.8) is 0 Å². The van der Waals surface area contributed by atoms with Crippen LogP contribution in [0.4, 0.5) is 0 Å². The van der Waals surface area contributed by atoms with Gasteiger partial charge in [0, 0.05) is 22.0 Å². The van der Waals surface area contributed by atoms with Crippen molar-refractivity contribution in [2.24, 2.45) is 22.7 Å². The van der Waals surface area contributed by atoms with Gasteiger partial charge in [0.1, 0.15) is 5.92 Å². The van der Waals surface area contributed by atoms with E-state index in [2.05, 4.69) is 13.8 Å². The molecular formula is C18H26O5S. The van der Waals surface area contributed by atoms with Crippen LogP contribution in [0.15, 0.2) is 12.2 Å². The van der Waals surface area contributed by atoms with E-state index in [9.17, 15) is 14.1 Å². The van der Waals surface area contributed by atoms with E-state index in [1.165, 1.54) is 7.11 Å². The Bertz CT molecular complexity index is 615. The Morgan fingerprint density at radius 3 is 2.67 bits per heavy atom. The zero-order chi connectivity index (χ0) is 17.3. The molecule has 2 heterocycles. The summed E-state index contributed by atoms with van der Waals surface area (Å²) in [6, 6.07) is 0. The van der Waals surface area contributed by atoms with Crippen LogP contribution in [-0.2, 0) is 25.1 Å². The molecule has 1 saturated heterocycles. The van der Waals surface area contributed by atoms with Crippen molar-refractivity contribution < 1.29 is 23.6 Å². The van der Waals surface area contributed by atoms with Crippen LogP contribution >= 0.6 is 0 Å². The highest BCUT2D eigenvalue weighted by molar-refractivity contribution is 7.85. The van der Waals surface area contributed by atoms with Crippen LogP contribution in [0, 0.1) is 22.7 Å². The lowest BCUT2D eigenvalue weighted by Gasteiger charge is -2.41. The van der Waals surface area contributed by atoms with Gasteiger partial charge in [-0.25, -0.2) is 0 Å². The van der Waals surface area contributed by atoms with Crippen LogP contribution in [0.5, 0.6) is 0 Å². The van der Waals surface area contributed by atoms with Gasteiger partial charge in [-0.1, -0.05) is 26.0 Å². The van der Waals surface area contributed by atoms with E-state index >= 15 is 0 Å². The van der Waals surface area contributed by atoms with Gasteiger partial charge >= 0.3 is 5.97 Å². The zero-order valence-corrected chi connectivity index (χ0v) is 15.3. The van der Waals surface area contributed by atoms with E-state index in [1.807, 2.05) is 12.2 Å². The number of hydrogen-bond donors (Lipinski definition) is 1. The first-order chi connectivity index (χ1) is 11.3. The van der Waals surface area contributed by atoms with Crippen LogP contribution < -0.4 is 0 Å². The van der Waals surface area contributed by atoms with Gasteiger partial charge in [-0.15, -0.1) is 0 Å². The molecule has 1 N–H and O–H groups in total. The molecule has 2 saturated carbocycles. The molecule has 0 spiro atoms. The molecule has 134 valence electrons. The molecule has 0 aromatic carbocycles. The first kappa shape index (κ1) is 16.7. The number of carbonyl (C=O) groups is 1. The number of fused-ring (bicyclic) bond motifs is 4. The molecule has 4 aliphatic rings. The van der Waals surface area contributed by atoms with Gasteiger partial charge in [0.25, 0.3) is 0 Å². The van der Waals surface area contributed by atoms with Gasteiger partial charge in [-0.3, -0.25) is 9.00 Å². The first-order valence-corrected chi connectivity index (χ1v) is 10.2. The van der Waals surface area contributed by atoms with Gasteiger partial charge < -0.3 is 14.6 Å². The molecule has 0 aromatic heterocycles. The Hall–Kier alpha value is -0.720. The number of hydrogen-bond acceptors (Lipinski definition) is 5. The lowest BCUT2D eigenvalue weighted by atomic mass is 9.70. The highest BCUT2D eigenvalue weighted by atomic mass is 32.2. The second-order valence-corrected chi connectivity index (χ2v) is 9.95. The number of aliphatic hydroxyl groups excluding tert-OH is 1. The number of esters is 1. The van der Waals surface area contributed by atoms with Crippen LogP contribution in [0.25, 0.3) is 0 Å². The summed E-state index contributed by atoms with van der Waals surface area (Å²) in [4.78, 5) is 12.2. The van der Waals surface area contributed by atoms with Crippen molar-refractivity contribution in [2.45, 2.75) is 56.7 Å². The Morgan fingerprint density at radius 1 is 1.38 bits per heavy atom. The standard InChI is InChI=1S/C18H26O5S/c1-17(2)10-6-7-18(17,13(19)8-10)9-24(21)15-12-5-4-11(23-12)14(15)16(20)22-3/h4-5,10-15,19H,6-9H2,1-3H3/t10-,11-,12+,13-,14+,15-,18-,24?/m1/s1. The van der Waals surface area contributed by atoms with Crippen molar-refractivity contribution in [3.8, 4) is 0 Å². The van der Waals surface area contributed by atoms with Gasteiger partial charge in [-0.05, 0) is 30.6 Å². The maximum Gasteiger partial charge on any atom is 0.312 e. The third kappa shape index (κ3) is 1.99. The summed E-state index contributed by atoms with van der Waals surface area (Å²) in [5.41, 5.74) is -0.327. The van der Waals surface area contributed by atoms with E-state index < -0.39 is 22.8 Å². The molecule has 0 amide bonds. The third-order valence-corrected chi connectivity index (χ3v) is 9.37. The smallest absolute Gasteiger partial charge is 0.312 e. The predicted octanol–water partition coefficient (Wildman–Crippen LogP) is 1.42. The average Bonchev–Trinajstić information content (AvgIpc) is 3.25. The number of carbonyl (C=O) groups excluding carboxylic acids is 1. The van der Waals surface area contributed by atoms with Crippen LogP contribution in [0.3, 0.4) is 0 Å². The van der Waals surface area contributed by atoms with Crippen molar-refractivity contribution in [3.05, 3.63) is 12.2 Å². The summed E-state index contributed by atoms with van der Waals surface area (Å²) in [7, 11) is 0.109. The van der Waals surface area contributed by atoms with E-state index in [-0.39, 0.29) is 34.3 Å². The average molecular weight is 354 g/mol. The highest BCUT2D eigenvalue weighted by Gasteiger charge is 2.65. The molecular weight excluding hydrogens is 328 g/mol. The predicted molar refractivity (Wildman–Crippen MR) is 89.7 cm³/mol. The fourth-order valence-corrected chi connectivity index (χ4v) is 8.18. The molecule has 2 aliphatic carbocycles. The quantitative estimate of drug-likeness (QED) is 0.611. The van der Waals surface area contributed by atoms with Crippen LogP contribution in [0.1, 0.15) is 33.1 Å². The summed E-state index contributed by atoms with van der Waals surface area (Å²) >= 11 is 0. The molecule has 0 aromatic rings. The molecule has 8 atom stereocenters. The highest BCUT2D eigenvalue weighted by Crippen LogP contribution is 2.66. The Morgan fingerprint density at radius 2 is 2.08 bits per heavy atom. The molecule has 2 aliphatic heterocycles. The van der Waals surface area contributed by atoms with Crippen LogP contribution in [0.2, 0.25) is 0 Å². The summed E-state index contributed by atoms with van der Waals surface area (Å²) < 4.78 is 24.0. The molecule has 4 rings (SSSR count). The molecule has 6 heteroatoms. The number of aliphatic hydroxyl groups is 1. The van der Waals surface area contributed by atoms with Gasteiger partial charge in [0.05, 0.1) is 30.7 Å². The molecule has 1 unspecified atom stereocenters. The van der Waals surface area contributed by atoms with Crippen molar-refractivity contribution >= 4 is 16.8 Å². The monoisotopic (exact) mass is 354 g/mol. The minimum Gasteiger partial charge on any atom is -0.469 e. The van der Waals surface area contributed by atoms with Gasteiger partial charge in [0.15, 0.2) is 0 Å². The zero-order valence-electron chi connectivity index (χ0n) is 14.4. The minimum absolute atomic E-state index is 0.0167. The molecule has 3 fully saturated rings. The summed E-state index contributed by atoms with van der Waals surface area (Å²) in [5.74, 6) is 0.0902. The van der Waals surface area contributed by atoms with E-state index in [1.54, 1.807) is 0 Å². The maximum atomic E-state index is 13.3. The Balaban J connectivity index is 1.60. The number of methoxy groups -OCH3 is 1. The topological polar surface area (TPSA) is 72.8 Å². The second kappa shape index (κ2) is 5.39. The van der Waals surface area contributed by atoms with E-state index in [0.29, 0.717) is 11.7 Å². The maximum absolute atomic E-state index is 13.3. The largest absolute Gasteiger partial charge is 0.469 e. The van der Waals surface area contributed by atoms with Crippen molar-refractivity contribution in [1.29, 1.82) is 0 Å². The second-order valence-electron chi connectivity index (χ2n) is 8.35. The normalized spacial score (nSPS) is 48.8. The third-order valence-electron chi connectivity index (χ3n) is 7.40. The lowest BCUT2D eigenvalue weighted by Crippen LogP contribution is -2.48. The molecule has 24 heavy (non-hydrogen) atoms. The number of rotatable bonds is 4. The molecule has 5 nitrogen and oxygen atoms in total. The van der Waals surface area contributed by atoms with E-state index in [0.717, 1.165) is 19.3 Å². The Labute approximate surface area is 145 Å². The summed E-state index contributed by atoms with van der Waals surface area (Å²) in [6.45, 7) is 4.40. The summed E-state index contributed by atoms with van der Waals surface area (Å²) in [5, 5.41) is 10.3. The van der Waals surface area contributed by atoms with Gasteiger partial charge in [0.2, 0.25) is 0 Å². The fourth-order valence-electron chi connectivity index (χ4n) is 5.72. The summed E-state index contributed by atoms with van der Waals surface area (Å²) in [6.07, 6.45) is 5.59. The molecule has 4 bridgehead atoms. The number of ether oxygens (including phenoxy) is 2. The lowest BCUT2D eigenvalue weighted by molar-refractivity contribution is -0.146. The van der Waals surface area contributed by atoms with Crippen molar-refractivity contribution in [2.75, 3.05) is 12.9 Å². The first-order valence-electron chi connectivity index (χ1n) is 8.79. The van der Waals surface area contributed by atoms with E-state index in [4.69, 9.17) is 9.47 Å². The minimum atomic E-state index is -1.25.